The van der Waals surface area contributed by atoms with E-state index in [0.29, 0.717) is 35.4 Å². The third-order valence-electron chi connectivity index (χ3n) is 7.61. The van der Waals surface area contributed by atoms with Crippen molar-refractivity contribution < 1.29 is 28.0 Å². The van der Waals surface area contributed by atoms with Crippen LogP contribution in [-0.4, -0.2) is 53.7 Å². The van der Waals surface area contributed by atoms with Crippen molar-refractivity contribution in [2.75, 3.05) is 13.7 Å². The van der Waals surface area contributed by atoms with Gasteiger partial charge in [-0.1, -0.05) is 12.1 Å². The molecule has 3 heterocycles. The molecule has 2 saturated heterocycles. The highest BCUT2D eigenvalue weighted by Gasteiger charge is 2.51. The van der Waals surface area contributed by atoms with Crippen molar-refractivity contribution in [2.24, 2.45) is 0 Å². The molecular weight excluding hydrogens is 462 g/mol. The van der Waals surface area contributed by atoms with E-state index in [4.69, 9.17) is 23.8 Å². The van der Waals surface area contributed by atoms with E-state index in [1.54, 1.807) is 24.3 Å². The molecule has 36 heavy (non-hydrogen) atoms. The number of imidazole rings is 1. The fraction of sp³-hybridized carbons (Fsp3) is 0.481. The minimum Gasteiger partial charge on any atom is -0.465 e. The molecular formula is C27H32BFN2O5. The highest BCUT2D eigenvalue weighted by atomic mass is 19.1. The number of nitrogens with zero attached hydrogens (tertiary/aromatic N) is 2. The van der Waals surface area contributed by atoms with Crippen LogP contribution in [0.15, 0.2) is 36.4 Å². The van der Waals surface area contributed by atoms with Crippen LogP contribution in [0.25, 0.3) is 11.0 Å². The van der Waals surface area contributed by atoms with Gasteiger partial charge in [-0.15, -0.1) is 0 Å². The van der Waals surface area contributed by atoms with Crippen molar-refractivity contribution in [1.82, 2.24) is 9.55 Å². The summed E-state index contributed by atoms with van der Waals surface area (Å²) in [6.07, 6.45) is 2.31. The molecule has 0 amide bonds. The average Bonchev–Trinajstić information content (AvgIpc) is 3.52. The SMILES string of the molecule is COC(=O)c1ccc2nc(Cc3ccc(B4OC(C)(C)C(C)(C)O4)cc3F)n(C[C@@H]3CCCO3)c2c1. The zero-order valence-electron chi connectivity index (χ0n) is 21.5. The summed E-state index contributed by atoms with van der Waals surface area (Å²) in [7, 11) is 0.733. The molecule has 0 spiro atoms. The van der Waals surface area contributed by atoms with Gasteiger partial charge in [0.25, 0.3) is 0 Å². The van der Waals surface area contributed by atoms with Gasteiger partial charge >= 0.3 is 13.1 Å². The summed E-state index contributed by atoms with van der Waals surface area (Å²) in [5.41, 5.74) is 2.16. The molecule has 0 aliphatic carbocycles. The summed E-state index contributed by atoms with van der Waals surface area (Å²) in [5.74, 6) is -0.0364. The van der Waals surface area contributed by atoms with Crippen LogP contribution in [0, 0.1) is 5.82 Å². The Morgan fingerprint density at radius 1 is 1.17 bits per heavy atom. The number of carbonyl (C=O) groups excluding carboxylic acids is 1. The Balaban J connectivity index is 1.46. The van der Waals surface area contributed by atoms with Crippen molar-refractivity contribution in [1.29, 1.82) is 0 Å². The number of methoxy groups -OCH3 is 1. The number of hydrogen-bond donors (Lipinski definition) is 0. The fourth-order valence-corrected chi connectivity index (χ4v) is 4.75. The summed E-state index contributed by atoms with van der Waals surface area (Å²) in [4.78, 5) is 16.9. The van der Waals surface area contributed by atoms with Gasteiger partial charge in [0.2, 0.25) is 0 Å². The van der Waals surface area contributed by atoms with Crippen molar-refractivity contribution >= 4 is 29.6 Å². The highest BCUT2D eigenvalue weighted by Crippen LogP contribution is 2.36. The van der Waals surface area contributed by atoms with Gasteiger partial charge in [0.1, 0.15) is 11.6 Å². The molecule has 0 radical (unpaired) electrons. The molecule has 2 aromatic carbocycles. The van der Waals surface area contributed by atoms with Crippen molar-refractivity contribution in [3.8, 4) is 0 Å². The lowest BCUT2D eigenvalue weighted by Gasteiger charge is -2.32. The van der Waals surface area contributed by atoms with Gasteiger partial charge in [-0.3, -0.25) is 0 Å². The molecule has 0 bridgehead atoms. The smallest absolute Gasteiger partial charge is 0.465 e. The van der Waals surface area contributed by atoms with Crippen molar-refractivity contribution in [3.63, 3.8) is 0 Å². The molecule has 0 saturated carbocycles. The topological polar surface area (TPSA) is 71.8 Å². The Hall–Kier alpha value is -2.75. The van der Waals surface area contributed by atoms with E-state index in [2.05, 4.69) is 0 Å². The van der Waals surface area contributed by atoms with Crippen LogP contribution in [0.1, 0.15) is 62.3 Å². The second kappa shape index (κ2) is 9.28. The molecule has 3 aromatic rings. The molecule has 0 unspecified atom stereocenters. The maximum absolute atomic E-state index is 15.3. The third-order valence-corrected chi connectivity index (χ3v) is 7.61. The van der Waals surface area contributed by atoms with E-state index in [1.807, 2.05) is 38.3 Å². The number of halogens is 1. The first-order chi connectivity index (χ1) is 17.1. The zero-order chi connectivity index (χ0) is 25.7. The molecule has 7 nitrogen and oxygen atoms in total. The zero-order valence-corrected chi connectivity index (χ0v) is 21.5. The van der Waals surface area contributed by atoms with Crippen LogP contribution < -0.4 is 5.46 Å². The lowest BCUT2D eigenvalue weighted by atomic mass is 9.78. The Kier molecular flexibility index (Phi) is 6.43. The van der Waals surface area contributed by atoms with Gasteiger partial charge in [0, 0.05) is 13.0 Å². The standard InChI is InChI=1S/C27H32BFN2O5/c1-26(2)27(3,4)36-28(35-26)19-10-8-17(21(29)15-19)14-24-30-22-11-9-18(25(32)33-5)13-23(22)31(24)16-20-7-6-12-34-20/h8-11,13,15,20H,6-7,12,14,16H2,1-5H3/t20-/m0/s1. The quantitative estimate of drug-likeness (QED) is 0.381. The monoisotopic (exact) mass is 494 g/mol. The molecule has 2 aliphatic heterocycles. The van der Waals surface area contributed by atoms with Gasteiger partial charge in [0.15, 0.2) is 0 Å². The van der Waals surface area contributed by atoms with E-state index >= 15 is 4.39 Å². The van der Waals surface area contributed by atoms with Crippen LogP contribution >= 0.6 is 0 Å². The number of esters is 1. The maximum Gasteiger partial charge on any atom is 0.494 e. The largest absolute Gasteiger partial charge is 0.494 e. The van der Waals surface area contributed by atoms with Crippen LogP contribution in [-0.2, 0) is 31.7 Å². The van der Waals surface area contributed by atoms with Gasteiger partial charge in [-0.2, -0.15) is 0 Å². The molecule has 5 rings (SSSR count). The lowest BCUT2D eigenvalue weighted by molar-refractivity contribution is 0.00578. The minimum absolute atomic E-state index is 0.0542. The Morgan fingerprint density at radius 2 is 1.92 bits per heavy atom. The van der Waals surface area contributed by atoms with E-state index in [9.17, 15) is 4.79 Å². The van der Waals surface area contributed by atoms with Gasteiger partial charge in [0.05, 0.1) is 47.6 Å². The summed E-state index contributed by atoms with van der Waals surface area (Å²) in [5, 5.41) is 0. The predicted octanol–water partition coefficient (Wildman–Crippen LogP) is 4.03. The summed E-state index contributed by atoms with van der Waals surface area (Å²) >= 11 is 0. The third kappa shape index (κ3) is 4.55. The van der Waals surface area contributed by atoms with E-state index in [1.165, 1.54) is 13.2 Å². The average molecular weight is 494 g/mol. The van der Waals surface area contributed by atoms with Gasteiger partial charge in [-0.05, 0) is 75.8 Å². The van der Waals surface area contributed by atoms with E-state index in [0.717, 1.165) is 30.5 Å². The Morgan fingerprint density at radius 3 is 2.56 bits per heavy atom. The number of fused-ring (bicyclic) bond motifs is 1. The predicted molar refractivity (Wildman–Crippen MR) is 135 cm³/mol. The van der Waals surface area contributed by atoms with Crippen molar-refractivity contribution in [2.45, 2.75) is 70.8 Å². The van der Waals surface area contributed by atoms with Crippen LogP contribution in [0.3, 0.4) is 0 Å². The fourth-order valence-electron chi connectivity index (χ4n) is 4.75. The maximum atomic E-state index is 15.3. The van der Waals surface area contributed by atoms with Gasteiger partial charge < -0.3 is 23.3 Å². The summed E-state index contributed by atoms with van der Waals surface area (Å²) in [6, 6.07) is 10.4. The van der Waals surface area contributed by atoms with E-state index < -0.39 is 24.3 Å². The molecule has 1 aromatic heterocycles. The first-order valence-electron chi connectivity index (χ1n) is 12.4. The van der Waals surface area contributed by atoms with Crippen LogP contribution in [0.5, 0.6) is 0 Å². The normalized spacial score (nSPS) is 20.8. The number of rotatable bonds is 6. The lowest BCUT2D eigenvalue weighted by Crippen LogP contribution is -2.41. The number of aromatic nitrogens is 2. The molecule has 190 valence electrons. The second-order valence-corrected chi connectivity index (χ2v) is 10.6. The number of ether oxygens (including phenoxy) is 2. The van der Waals surface area contributed by atoms with E-state index in [-0.39, 0.29) is 11.9 Å². The van der Waals surface area contributed by atoms with Crippen molar-refractivity contribution in [3.05, 3.63) is 59.2 Å². The number of hydrogen-bond acceptors (Lipinski definition) is 6. The highest BCUT2D eigenvalue weighted by molar-refractivity contribution is 6.62. The number of carbonyl (C=O) groups is 1. The second-order valence-electron chi connectivity index (χ2n) is 10.6. The van der Waals surface area contributed by atoms with Crippen LogP contribution in [0.4, 0.5) is 4.39 Å². The Labute approximate surface area is 211 Å². The first kappa shape index (κ1) is 24.9. The first-order valence-corrected chi connectivity index (χ1v) is 12.4. The molecule has 2 aliphatic rings. The van der Waals surface area contributed by atoms with Gasteiger partial charge in [-0.25, -0.2) is 14.2 Å². The molecule has 1 atom stereocenters. The molecule has 9 heteroatoms. The summed E-state index contributed by atoms with van der Waals surface area (Å²) < 4.78 is 40.3. The van der Waals surface area contributed by atoms with Crippen LogP contribution in [0.2, 0.25) is 0 Å². The minimum atomic E-state index is -0.626. The molecule has 2 fully saturated rings. The molecule has 0 N–H and O–H groups in total. The Bertz CT molecular complexity index is 1280. The summed E-state index contributed by atoms with van der Waals surface area (Å²) in [6.45, 7) is 9.21. The number of benzene rings is 2.